The van der Waals surface area contributed by atoms with Gasteiger partial charge in [0.25, 0.3) is 0 Å². The van der Waals surface area contributed by atoms with Gasteiger partial charge in [-0.3, -0.25) is 14.4 Å². The predicted molar refractivity (Wildman–Crippen MR) is 84.3 cm³/mol. The Bertz CT molecular complexity index is 405. The Morgan fingerprint density at radius 1 is 1.00 bits per heavy atom. The van der Waals surface area contributed by atoms with Crippen LogP contribution in [0.2, 0.25) is 0 Å². The Morgan fingerprint density at radius 2 is 1.50 bits per heavy atom. The summed E-state index contributed by atoms with van der Waals surface area (Å²) in [5, 5.41) is 0. The van der Waals surface area contributed by atoms with Crippen LogP contribution in [0.1, 0.15) is 60.3 Å². The molecule has 0 aliphatic carbocycles. The van der Waals surface area contributed by atoms with Gasteiger partial charge in [0, 0.05) is 6.42 Å². The van der Waals surface area contributed by atoms with E-state index in [1.165, 1.54) is 13.8 Å². The van der Waals surface area contributed by atoms with E-state index in [0.29, 0.717) is 12.0 Å². The molecular formula is C17H28O5. The van der Waals surface area contributed by atoms with Gasteiger partial charge in [-0.2, -0.15) is 0 Å². The number of rotatable bonds is 10. The van der Waals surface area contributed by atoms with E-state index < -0.39 is 17.4 Å². The van der Waals surface area contributed by atoms with E-state index in [4.69, 9.17) is 9.47 Å². The highest BCUT2D eigenvalue weighted by Crippen LogP contribution is 2.34. The van der Waals surface area contributed by atoms with Crippen molar-refractivity contribution in [2.45, 2.75) is 60.3 Å². The van der Waals surface area contributed by atoms with E-state index in [2.05, 4.69) is 0 Å². The van der Waals surface area contributed by atoms with E-state index in [0.717, 1.165) is 12.8 Å². The number of esters is 2. The van der Waals surface area contributed by atoms with Crippen molar-refractivity contribution >= 4 is 17.7 Å². The Hall–Kier alpha value is -1.65. The lowest BCUT2D eigenvalue weighted by Crippen LogP contribution is -2.41. The molecule has 0 aromatic rings. The zero-order valence-electron chi connectivity index (χ0n) is 14.4. The zero-order chi connectivity index (χ0) is 17.2. The molecular weight excluding hydrogens is 284 g/mol. The Kier molecular flexibility index (Phi) is 9.38. The quantitative estimate of drug-likeness (QED) is 0.268. The topological polar surface area (TPSA) is 69.7 Å². The first-order valence-electron chi connectivity index (χ1n) is 7.87. The number of Topliss-reactive ketones (excluding diaryl/α,β-unsaturated/α-hetero) is 1. The third kappa shape index (κ3) is 5.62. The van der Waals surface area contributed by atoms with E-state index in [9.17, 15) is 14.4 Å². The Labute approximate surface area is 133 Å². The maximum Gasteiger partial charge on any atom is 0.327 e. The summed E-state index contributed by atoms with van der Waals surface area (Å²) < 4.78 is 10.1. The van der Waals surface area contributed by atoms with E-state index >= 15 is 0 Å². The minimum absolute atomic E-state index is 0.0395. The van der Waals surface area contributed by atoms with Gasteiger partial charge in [-0.25, -0.2) is 0 Å². The van der Waals surface area contributed by atoms with Gasteiger partial charge in [-0.05, 0) is 39.7 Å². The van der Waals surface area contributed by atoms with Crippen LogP contribution in [0, 0.1) is 5.41 Å². The number of hydrogen-bond acceptors (Lipinski definition) is 5. The fourth-order valence-corrected chi connectivity index (χ4v) is 2.10. The van der Waals surface area contributed by atoms with Gasteiger partial charge in [0.05, 0.1) is 13.2 Å². The SMILES string of the molecule is CCCC/C=C(\CC(C)=O)C(C)(C(=O)OCC)C(=O)OCC. The zero-order valence-corrected chi connectivity index (χ0v) is 14.4. The number of carbonyl (C=O) groups excluding carboxylic acids is 3. The number of ketones is 1. The monoisotopic (exact) mass is 312 g/mol. The summed E-state index contributed by atoms with van der Waals surface area (Å²) in [5.74, 6) is -1.45. The van der Waals surface area contributed by atoms with Crippen LogP contribution in [0.3, 0.4) is 0 Å². The molecule has 0 aromatic heterocycles. The first-order chi connectivity index (χ1) is 10.3. The largest absolute Gasteiger partial charge is 0.465 e. The molecule has 126 valence electrons. The number of allylic oxidation sites excluding steroid dienone is 1. The van der Waals surface area contributed by atoms with Crippen molar-refractivity contribution in [1.29, 1.82) is 0 Å². The van der Waals surface area contributed by atoms with Gasteiger partial charge in [-0.1, -0.05) is 25.8 Å². The highest BCUT2D eigenvalue weighted by atomic mass is 16.6. The summed E-state index contributed by atoms with van der Waals surface area (Å²) in [6, 6.07) is 0. The van der Waals surface area contributed by atoms with Gasteiger partial charge < -0.3 is 9.47 Å². The molecule has 0 aliphatic heterocycles. The molecule has 0 rings (SSSR count). The first kappa shape index (κ1) is 20.3. The molecule has 0 atom stereocenters. The van der Waals surface area contributed by atoms with Crippen LogP contribution in [0.25, 0.3) is 0 Å². The highest BCUT2D eigenvalue weighted by Gasteiger charge is 2.47. The average Bonchev–Trinajstić information content (AvgIpc) is 2.45. The number of hydrogen-bond donors (Lipinski definition) is 0. The molecule has 22 heavy (non-hydrogen) atoms. The van der Waals surface area contributed by atoms with Crippen LogP contribution >= 0.6 is 0 Å². The molecule has 0 aliphatic rings. The second-order valence-electron chi connectivity index (χ2n) is 5.32. The summed E-state index contributed by atoms with van der Waals surface area (Å²) in [7, 11) is 0. The van der Waals surface area contributed by atoms with Crippen LogP contribution in [-0.2, 0) is 23.9 Å². The lowest BCUT2D eigenvalue weighted by molar-refractivity contribution is -0.167. The van der Waals surface area contributed by atoms with Gasteiger partial charge in [0.2, 0.25) is 0 Å². The van der Waals surface area contributed by atoms with Crippen molar-refractivity contribution in [1.82, 2.24) is 0 Å². The molecule has 5 nitrogen and oxygen atoms in total. The van der Waals surface area contributed by atoms with Gasteiger partial charge in [0.15, 0.2) is 5.41 Å². The van der Waals surface area contributed by atoms with Crippen LogP contribution in [0.4, 0.5) is 0 Å². The summed E-state index contributed by atoms with van der Waals surface area (Å²) in [5.41, 5.74) is -1.10. The van der Waals surface area contributed by atoms with Crippen LogP contribution < -0.4 is 0 Å². The van der Waals surface area contributed by atoms with Crippen LogP contribution in [0.5, 0.6) is 0 Å². The van der Waals surface area contributed by atoms with Crippen LogP contribution in [-0.4, -0.2) is 30.9 Å². The van der Waals surface area contributed by atoms with E-state index in [-0.39, 0.29) is 25.4 Å². The molecule has 0 fully saturated rings. The highest BCUT2D eigenvalue weighted by molar-refractivity contribution is 6.04. The van der Waals surface area contributed by atoms with Crippen molar-refractivity contribution in [3.05, 3.63) is 11.6 Å². The maximum atomic E-state index is 12.4. The van der Waals surface area contributed by atoms with Gasteiger partial charge in [0.1, 0.15) is 5.78 Å². The lowest BCUT2D eigenvalue weighted by Gasteiger charge is -2.27. The summed E-state index contributed by atoms with van der Waals surface area (Å²) in [4.78, 5) is 36.3. The minimum Gasteiger partial charge on any atom is -0.465 e. The standard InChI is InChI=1S/C17H28O5/c1-6-9-10-11-14(12-13(4)18)17(5,15(19)21-7-2)16(20)22-8-3/h11H,6-10,12H2,1-5H3/b14-11+. The molecule has 0 heterocycles. The smallest absolute Gasteiger partial charge is 0.327 e. The third-order valence-electron chi connectivity index (χ3n) is 3.40. The van der Waals surface area contributed by atoms with Crippen molar-refractivity contribution < 1.29 is 23.9 Å². The number of carbonyl (C=O) groups is 3. The fourth-order valence-electron chi connectivity index (χ4n) is 2.10. The maximum absolute atomic E-state index is 12.4. The molecule has 0 spiro atoms. The minimum atomic E-state index is -1.56. The Morgan fingerprint density at radius 3 is 1.86 bits per heavy atom. The molecule has 0 aromatic carbocycles. The van der Waals surface area contributed by atoms with Gasteiger partial charge in [-0.15, -0.1) is 0 Å². The molecule has 0 amide bonds. The molecule has 0 saturated carbocycles. The predicted octanol–water partition coefficient (Wildman–Crippen LogP) is 3.21. The lowest BCUT2D eigenvalue weighted by atomic mass is 9.78. The third-order valence-corrected chi connectivity index (χ3v) is 3.40. The van der Waals surface area contributed by atoms with E-state index in [1.807, 2.05) is 6.92 Å². The van der Waals surface area contributed by atoms with Gasteiger partial charge >= 0.3 is 11.9 Å². The van der Waals surface area contributed by atoms with Crippen molar-refractivity contribution in [2.75, 3.05) is 13.2 Å². The molecule has 0 unspecified atom stereocenters. The van der Waals surface area contributed by atoms with Crippen molar-refractivity contribution in [3.63, 3.8) is 0 Å². The summed E-state index contributed by atoms with van der Waals surface area (Å²) in [6.07, 6.45) is 4.45. The molecule has 0 N–H and O–H groups in total. The number of unbranched alkanes of at least 4 members (excludes halogenated alkanes) is 2. The first-order valence-corrected chi connectivity index (χ1v) is 7.87. The number of ether oxygens (including phenoxy) is 2. The summed E-state index contributed by atoms with van der Waals surface area (Å²) >= 11 is 0. The molecule has 0 radical (unpaired) electrons. The second-order valence-corrected chi connectivity index (χ2v) is 5.32. The van der Waals surface area contributed by atoms with Crippen LogP contribution in [0.15, 0.2) is 11.6 Å². The summed E-state index contributed by atoms with van der Waals surface area (Å²) in [6.45, 7) is 8.64. The van der Waals surface area contributed by atoms with E-state index in [1.54, 1.807) is 19.9 Å². The Balaban J connectivity index is 5.71. The molecule has 5 heteroatoms. The van der Waals surface area contributed by atoms with Crippen molar-refractivity contribution in [2.24, 2.45) is 5.41 Å². The molecule has 0 saturated heterocycles. The normalized spacial score (nSPS) is 12.0. The second kappa shape index (κ2) is 10.1. The van der Waals surface area contributed by atoms with Crippen molar-refractivity contribution in [3.8, 4) is 0 Å². The fraction of sp³-hybridized carbons (Fsp3) is 0.706. The average molecular weight is 312 g/mol. The molecule has 0 bridgehead atoms.